The highest BCUT2D eigenvalue weighted by molar-refractivity contribution is 7.89. The standard InChI is InChI=1S/C21H21N3O4S/c1-28-19-11-10-17(21(25)23-15-18-9-5-6-12-22-18)13-20(19)29(26,27)24-14-16-7-3-2-4-8-16/h2-13,24H,14-15H2,1H3,(H,23,25). The van der Waals surface area contributed by atoms with Gasteiger partial charge < -0.3 is 10.1 Å². The molecule has 0 fully saturated rings. The predicted molar refractivity (Wildman–Crippen MR) is 109 cm³/mol. The number of amides is 1. The van der Waals surface area contributed by atoms with Gasteiger partial charge in [-0.1, -0.05) is 36.4 Å². The number of sulfonamides is 1. The third-order valence-corrected chi connectivity index (χ3v) is 5.60. The molecule has 0 aliphatic rings. The molecular weight excluding hydrogens is 390 g/mol. The number of hydrogen-bond acceptors (Lipinski definition) is 5. The molecule has 29 heavy (non-hydrogen) atoms. The minimum Gasteiger partial charge on any atom is -0.495 e. The van der Waals surface area contributed by atoms with E-state index in [-0.39, 0.29) is 29.3 Å². The molecule has 3 aromatic rings. The zero-order valence-corrected chi connectivity index (χ0v) is 16.6. The van der Waals surface area contributed by atoms with E-state index >= 15 is 0 Å². The van der Waals surface area contributed by atoms with Crippen LogP contribution < -0.4 is 14.8 Å². The molecule has 1 aromatic heterocycles. The topological polar surface area (TPSA) is 97.4 Å². The second-order valence-electron chi connectivity index (χ2n) is 6.18. The molecule has 0 bridgehead atoms. The molecule has 2 aromatic carbocycles. The van der Waals surface area contributed by atoms with Gasteiger partial charge in [0.05, 0.1) is 19.3 Å². The van der Waals surface area contributed by atoms with Crippen LogP contribution in [0.1, 0.15) is 21.6 Å². The smallest absolute Gasteiger partial charge is 0.251 e. The fourth-order valence-corrected chi connectivity index (χ4v) is 3.87. The summed E-state index contributed by atoms with van der Waals surface area (Å²) in [6, 6.07) is 18.8. The van der Waals surface area contributed by atoms with Gasteiger partial charge in [-0.05, 0) is 35.9 Å². The van der Waals surface area contributed by atoms with E-state index in [4.69, 9.17) is 4.74 Å². The molecule has 0 aliphatic heterocycles. The number of carbonyl (C=O) groups excluding carboxylic acids is 1. The fourth-order valence-electron chi connectivity index (χ4n) is 2.66. The monoisotopic (exact) mass is 411 g/mol. The molecule has 0 saturated heterocycles. The first-order valence-corrected chi connectivity index (χ1v) is 10.4. The quantitative estimate of drug-likeness (QED) is 0.594. The number of carbonyl (C=O) groups is 1. The van der Waals surface area contributed by atoms with Crippen LogP contribution >= 0.6 is 0 Å². The Bertz CT molecular complexity index is 1070. The summed E-state index contributed by atoms with van der Waals surface area (Å²) in [5, 5.41) is 2.73. The SMILES string of the molecule is COc1ccc(C(=O)NCc2ccccn2)cc1S(=O)(=O)NCc1ccccc1. The van der Waals surface area contributed by atoms with E-state index < -0.39 is 15.9 Å². The molecule has 8 heteroatoms. The van der Waals surface area contributed by atoms with Gasteiger partial charge >= 0.3 is 0 Å². The van der Waals surface area contributed by atoms with E-state index in [1.165, 1.54) is 25.3 Å². The number of benzene rings is 2. The second kappa shape index (κ2) is 9.31. The van der Waals surface area contributed by atoms with Gasteiger partial charge in [0.1, 0.15) is 10.6 Å². The lowest BCUT2D eigenvalue weighted by Gasteiger charge is -2.13. The van der Waals surface area contributed by atoms with Gasteiger partial charge in [0.15, 0.2) is 0 Å². The number of hydrogen-bond donors (Lipinski definition) is 2. The maximum absolute atomic E-state index is 12.8. The van der Waals surface area contributed by atoms with Crippen molar-refractivity contribution in [3.05, 3.63) is 89.7 Å². The van der Waals surface area contributed by atoms with Gasteiger partial charge in [0.2, 0.25) is 10.0 Å². The molecule has 0 spiro atoms. The average Bonchev–Trinajstić information content (AvgIpc) is 2.77. The van der Waals surface area contributed by atoms with Crippen LogP contribution in [0.4, 0.5) is 0 Å². The second-order valence-corrected chi connectivity index (χ2v) is 7.91. The number of rotatable bonds is 8. The lowest BCUT2D eigenvalue weighted by molar-refractivity contribution is 0.0950. The molecule has 150 valence electrons. The van der Waals surface area contributed by atoms with Crippen LogP contribution in [-0.2, 0) is 23.1 Å². The van der Waals surface area contributed by atoms with E-state index in [1.807, 2.05) is 36.4 Å². The predicted octanol–water partition coefficient (Wildman–Crippen LogP) is 2.50. The van der Waals surface area contributed by atoms with Gasteiger partial charge in [-0.15, -0.1) is 0 Å². The van der Waals surface area contributed by atoms with Crippen molar-refractivity contribution in [2.24, 2.45) is 0 Å². The maximum atomic E-state index is 12.8. The number of nitrogens with zero attached hydrogens (tertiary/aromatic N) is 1. The van der Waals surface area contributed by atoms with Gasteiger partial charge in [-0.2, -0.15) is 0 Å². The minimum atomic E-state index is -3.89. The highest BCUT2D eigenvalue weighted by Gasteiger charge is 2.21. The van der Waals surface area contributed by atoms with Crippen molar-refractivity contribution in [1.29, 1.82) is 0 Å². The van der Waals surface area contributed by atoms with Gasteiger partial charge in [0, 0.05) is 18.3 Å². The molecule has 0 saturated carbocycles. The number of methoxy groups -OCH3 is 1. The molecule has 2 N–H and O–H groups in total. The van der Waals surface area contributed by atoms with E-state index in [9.17, 15) is 13.2 Å². The molecule has 0 unspecified atom stereocenters. The Morgan fingerprint density at radius 1 is 1.00 bits per heavy atom. The van der Waals surface area contributed by atoms with Crippen LogP contribution in [0, 0.1) is 0 Å². The highest BCUT2D eigenvalue weighted by atomic mass is 32.2. The van der Waals surface area contributed by atoms with Crippen molar-refractivity contribution in [1.82, 2.24) is 15.0 Å². The van der Waals surface area contributed by atoms with E-state index in [2.05, 4.69) is 15.0 Å². The van der Waals surface area contributed by atoms with Gasteiger partial charge in [-0.25, -0.2) is 13.1 Å². The number of ether oxygens (including phenoxy) is 1. The Morgan fingerprint density at radius 2 is 1.76 bits per heavy atom. The first-order chi connectivity index (χ1) is 14.0. The van der Waals surface area contributed by atoms with Crippen molar-refractivity contribution < 1.29 is 17.9 Å². The van der Waals surface area contributed by atoms with Crippen molar-refractivity contribution in [3.63, 3.8) is 0 Å². The zero-order valence-electron chi connectivity index (χ0n) is 15.8. The first-order valence-electron chi connectivity index (χ1n) is 8.89. The lowest BCUT2D eigenvalue weighted by atomic mass is 10.2. The fraction of sp³-hybridized carbons (Fsp3) is 0.143. The Kier molecular flexibility index (Phi) is 6.58. The Labute approximate surface area is 169 Å². The number of nitrogens with one attached hydrogen (secondary N) is 2. The van der Waals surface area contributed by atoms with Crippen molar-refractivity contribution in [3.8, 4) is 5.75 Å². The Morgan fingerprint density at radius 3 is 2.45 bits per heavy atom. The summed E-state index contributed by atoms with van der Waals surface area (Å²) in [5.41, 5.74) is 1.73. The molecule has 7 nitrogen and oxygen atoms in total. The number of aromatic nitrogens is 1. The summed E-state index contributed by atoms with van der Waals surface area (Å²) in [6.07, 6.45) is 1.64. The maximum Gasteiger partial charge on any atom is 0.251 e. The summed E-state index contributed by atoms with van der Waals surface area (Å²) in [4.78, 5) is 16.5. The third kappa shape index (κ3) is 5.40. The zero-order chi connectivity index (χ0) is 20.7. The summed E-state index contributed by atoms with van der Waals surface area (Å²) in [5.74, 6) is -0.246. The highest BCUT2D eigenvalue weighted by Crippen LogP contribution is 2.25. The van der Waals surface area contributed by atoms with Crippen molar-refractivity contribution in [2.45, 2.75) is 18.0 Å². The van der Waals surface area contributed by atoms with E-state index in [0.29, 0.717) is 5.69 Å². The van der Waals surface area contributed by atoms with Crippen LogP contribution in [0.15, 0.2) is 77.8 Å². The summed E-state index contributed by atoms with van der Waals surface area (Å²) in [6.45, 7) is 0.364. The molecule has 1 amide bonds. The van der Waals surface area contributed by atoms with Crippen LogP contribution in [-0.4, -0.2) is 26.4 Å². The van der Waals surface area contributed by atoms with E-state index in [0.717, 1.165) is 5.56 Å². The largest absolute Gasteiger partial charge is 0.495 e. The van der Waals surface area contributed by atoms with Crippen molar-refractivity contribution >= 4 is 15.9 Å². The summed E-state index contributed by atoms with van der Waals surface area (Å²) >= 11 is 0. The van der Waals surface area contributed by atoms with E-state index in [1.54, 1.807) is 18.3 Å². The van der Waals surface area contributed by atoms with Crippen LogP contribution in [0.25, 0.3) is 0 Å². The molecule has 3 rings (SSSR count). The first kappa shape index (κ1) is 20.5. The van der Waals surface area contributed by atoms with Crippen LogP contribution in [0.2, 0.25) is 0 Å². The van der Waals surface area contributed by atoms with Crippen LogP contribution in [0.3, 0.4) is 0 Å². The van der Waals surface area contributed by atoms with Crippen LogP contribution in [0.5, 0.6) is 5.75 Å². The Balaban J connectivity index is 1.77. The van der Waals surface area contributed by atoms with Crippen molar-refractivity contribution in [2.75, 3.05) is 7.11 Å². The minimum absolute atomic E-state index is 0.0959. The molecule has 0 aliphatic carbocycles. The van der Waals surface area contributed by atoms with Gasteiger partial charge in [-0.3, -0.25) is 9.78 Å². The summed E-state index contributed by atoms with van der Waals surface area (Å²) in [7, 11) is -2.51. The van der Waals surface area contributed by atoms with Gasteiger partial charge in [0.25, 0.3) is 5.91 Å². The molecule has 0 atom stereocenters. The molecule has 0 radical (unpaired) electrons. The number of pyridine rings is 1. The lowest BCUT2D eigenvalue weighted by Crippen LogP contribution is -2.26. The third-order valence-electron chi connectivity index (χ3n) is 4.18. The molecular formula is C21H21N3O4S. The average molecular weight is 411 g/mol. The Hall–Kier alpha value is -3.23. The molecule has 1 heterocycles. The normalized spacial score (nSPS) is 11.1. The summed E-state index contributed by atoms with van der Waals surface area (Å²) < 4.78 is 33.3.